The number of rotatable bonds is 4. The second-order valence-corrected chi connectivity index (χ2v) is 8.84. The zero-order valence-electron chi connectivity index (χ0n) is 16.7. The Morgan fingerprint density at radius 3 is 1.75 bits per heavy atom. The Hall–Kier alpha value is -2.06. The number of carbonyl (C=O) groups is 3. The molecular formula is C18H23Cl2NO7. The predicted octanol–water partition coefficient (Wildman–Crippen LogP) is 2.88. The maximum atomic E-state index is 12.8. The van der Waals surface area contributed by atoms with Crippen LogP contribution in [0.2, 0.25) is 5.02 Å². The smallest absolute Gasteiger partial charge is 0.406 e. The van der Waals surface area contributed by atoms with E-state index in [1.54, 1.807) is 41.5 Å². The summed E-state index contributed by atoms with van der Waals surface area (Å²) in [6.45, 7) is 9.36. The molecule has 10 heteroatoms. The van der Waals surface area contributed by atoms with Gasteiger partial charge in [0, 0.05) is 6.07 Å². The molecule has 0 aromatic carbocycles. The Kier molecular flexibility index (Phi) is 6.96. The van der Waals surface area contributed by atoms with Crippen LogP contribution in [-0.2, 0) is 28.7 Å². The molecule has 28 heavy (non-hydrogen) atoms. The first-order chi connectivity index (χ1) is 12.5. The molecule has 8 nitrogen and oxygen atoms in total. The number of alkyl halides is 1. The second-order valence-electron chi connectivity index (χ2n) is 7.86. The third kappa shape index (κ3) is 5.26. The lowest BCUT2D eigenvalue weighted by Gasteiger charge is -2.30. The molecule has 1 rings (SSSR count). The zero-order chi connectivity index (χ0) is 22.1. The van der Waals surface area contributed by atoms with Gasteiger partial charge in [-0.3, -0.25) is 0 Å². The molecule has 1 heterocycles. The molecule has 0 aliphatic heterocycles. The fraction of sp³-hybridized carbons (Fsp3) is 0.556. The standard InChI is InChI=1S/C18H23Cl2NO7/c1-16(2,3)27-14(23)18(20,15(24)28-17(4,5)6)11-9-8-10(19)12(21(11)25)13(22)26-7/h8-9H,1-7H3. The van der Waals surface area contributed by atoms with Gasteiger partial charge < -0.3 is 19.4 Å². The van der Waals surface area contributed by atoms with Crippen molar-refractivity contribution < 1.29 is 33.3 Å². The number of halogens is 2. The fourth-order valence-corrected chi connectivity index (χ4v) is 2.47. The van der Waals surface area contributed by atoms with E-state index in [1.807, 2.05) is 0 Å². The van der Waals surface area contributed by atoms with Gasteiger partial charge in [-0.1, -0.05) is 23.2 Å². The molecule has 1 aromatic rings. The number of aromatic nitrogens is 1. The van der Waals surface area contributed by atoms with E-state index < -0.39 is 45.4 Å². The third-order valence-electron chi connectivity index (χ3n) is 3.13. The lowest BCUT2D eigenvalue weighted by molar-refractivity contribution is -0.618. The fourth-order valence-electron chi connectivity index (χ4n) is 2.04. The first-order valence-corrected chi connectivity index (χ1v) is 8.97. The average molecular weight is 436 g/mol. The van der Waals surface area contributed by atoms with Crippen molar-refractivity contribution in [1.29, 1.82) is 0 Å². The molecule has 156 valence electrons. The minimum absolute atomic E-state index is 0.0327. The molecule has 0 saturated carbocycles. The molecular weight excluding hydrogens is 413 g/mol. The molecule has 0 fully saturated rings. The molecule has 0 aliphatic rings. The predicted molar refractivity (Wildman–Crippen MR) is 101 cm³/mol. The number of methoxy groups -OCH3 is 1. The van der Waals surface area contributed by atoms with Gasteiger partial charge >= 0.3 is 28.5 Å². The molecule has 0 N–H and O–H groups in total. The van der Waals surface area contributed by atoms with E-state index in [0.29, 0.717) is 0 Å². The van der Waals surface area contributed by atoms with E-state index in [-0.39, 0.29) is 9.75 Å². The van der Waals surface area contributed by atoms with Gasteiger partial charge in [0.25, 0.3) is 0 Å². The highest BCUT2D eigenvalue weighted by atomic mass is 35.5. The first kappa shape index (κ1) is 24.0. The summed E-state index contributed by atoms with van der Waals surface area (Å²) in [6.07, 6.45) is 0. The Morgan fingerprint density at radius 1 is 0.964 bits per heavy atom. The van der Waals surface area contributed by atoms with E-state index in [0.717, 1.165) is 19.2 Å². The van der Waals surface area contributed by atoms with Crippen LogP contribution in [0.25, 0.3) is 0 Å². The summed E-state index contributed by atoms with van der Waals surface area (Å²) in [5, 5.41) is 12.6. The molecule has 0 unspecified atom stereocenters. The highest BCUT2D eigenvalue weighted by molar-refractivity contribution is 6.44. The molecule has 0 amide bonds. The van der Waals surface area contributed by atoms with Crippen LogP contribution >= 0.6 is 23.2 Å². The molecule has 0 bridgehead atoms. The number of hydrogen-bond acceptors (Lipinski definition) is 7. The lowest BCUT2D eigenvalue weighted by Crippen LogP contribution is -2.54. The number of hydrogen-bond donors (Lipinski definition) is 0. The number of carbonyl (C=O) groups excluding carboxylic acids is 3. The van der Waals surface area contributed by atoms with Gasteiger partial charge in [0.1, 0.15) is 16.2 Å². The van der Waals surface area contributed by atoms with Crippen LogP contribution in [0.15, 0.2) is 12.1 Å². The van der Waals surface area contributed by atoms with E-state index in [1.165, 1.54) is 0 Å². The van der Waals surface area contributed by atoms with Gasteiger partial charge in [-0.25, -0.2) is 14.4 Å². The average Bonchev–Trinajstić information content (AvgIpc) is 2.50. The van der Waals surface area contributed by atoms with E-state index in [2.05, 4.69) is 4.74 Å². The highest BCUT2D eigenvalue weighted by Crippen LogP contribution is 2.34. The van der Waals surface area contributed by atoms with Crippen molar-refractivity contribution in [1.82, 2.24) is 0 Å². The lowest BCUT2D eigenvalue weighted by atomic mass is 10.0. The number of esters is 3. The summed E-state index contributed by atoms with van der Waals surface area (Å²) >= 11 is 12.3. The van der Waals surface area contributed by atoms with Crippen molar-refractivity contribution in [3.8, 4) is 0 Å². The van der Waals surface area contributed by atoms with Crippen molar-refractivity contribution >= 4 is 41.1 Å². The van der Waals surface area contributed by atoms with Crippen molar-refractivity contribution in [2.75, 3.05) is 7.11 Å². The molecule has 1 aromatic heterocycles. The van der Waals surface area contributed by atoms with E-state index >= 15 is 0 Å². The molecule has 0 saturated heterocycles. The molecule has 0 spiro atoms. The van der Waals surface area contributed by atoms with Gasteiger partial charge in [0.2, 0.25) is 5.69 Å². The van der Waals surface area contributed by atoms with Crippen molar-refractivity contribution in [3.05, 3.63) is 33.8 Å². The second kappa shape index (κ2) is 8.13. The minimum Gasteiger partial charge on any atom is -0.618 e. The minimum atomic E-state index is -2.68. The SMILES string of the molecule is COC(=O)c1c(Cl)ccc(C(Cl)(C(=O)OC(C)(C)C)C(=O)OC(C)(C)C)[n+]1[O-]. The van der Waals surface area contributed by atoms with Crippen LogP contribution in [0, 0.1) is 5.21 Å². The Morgan fingerprint density at radius 2 is 1.39 bits per heavy atom. The summed E-state index contributed by atoms with van der Waals surface area (Å²) in [5.41, 5.74) is -3.30. The van der Waals surface area contributed by atoms with Crippen LogP contribution in [0.4, 0.5) is 0 Å². The summed E-state index contributed by atoms with van der Waals surface area (Å²) in [4.78, 5) is 34.9. The first-order valence-electron chi connectivity index (χ1n) is 8.21. The molecule has 0 radical (unpaired) electrons. The molecule has 0 aliphatic carbocycles. The summed E-state index contributed by atoms with van der Waals surface area (Å²) in [6, 6.07) is 2.19. The number of pyridine rings is 1. The van der Waals surface area contributed by atoms with Crippen LogP contribution < -0.4 is 4.73 Å². The van der Waals surface area contributed by atoms with Gasteiger partial charge in [0.05, 0.1) is 7.11 Å². The monoisotopic (exact) mass is 435 g/mol. The van der Waals surface area contributed by atoms with Gasteiger partial charge in [-0.05, 0) is 47.6 Å². The van der Waals surface area contributed by atoms with Crippen LogP contribution in [0.3, 0.4) is 0 Å². The number of nitrogens with zero attached hydrogens (tertiary/aromatic N) is 1. The van der Waals surface area contributed by atoms with E-state index in [4.69, 9.17) is 32.7 Å². The normalized spacial score (nSPS) is 12.3. The maximum Gasteiger partial charge on any atom is 0.406 e. The molecule has 0 atom stereocenters. The van der Waals surface area contributed by atoms with Crippen LogP contribution in [-0.4, -0.2) is 36.2 Å². The highest BCUT2D eigenvalue weighted by Gasteiger charge is 2.57. The van der Waals surface area contributed by atoms with E-state index in [9.17, 15) is 19.6 Å². The summed E-state index contributed by atoms with van der Waals surface area (Å²) in [7, 11) is 1.04. The summed E-state index contributed by atoms with van der Waals surface area (Å²) in [5.74, 6) is -3.55. The van der Waals surface area contributed by atoms with Crippen molar-refractivity contribution in [2.45, 2.75) is 57.6 Å². The van der Waals surface area contributed by atoms with Crippen molar-refractivity contribution in [3.63, 3.8) is 0 Å². The quantitative estimate of drug-likeness (QED) is 0.178. The Bertz CT molecular complexity index is 766. The maximum absolute atomic E-state index is 12.8. The Balaban J connectivity index is 3.72. The van der Waals surface area contributed by atoms with Gasteiger partial charge in [0.15, 0.2) is 0 Å². The number of ether oxygens (including phenoxy) is 3. The van der Waals surface area contributed by atoms with Crippen molar-refractivity contribution in [2.24, 2.45) is 0 Å². The summed E-state index contributed by atoms with van der Waals surface area (Å²) < 4.78 is 15.0. The Labute approximate surface area is 173 Å². The van der Waals surface area contributed by atoms with Gasteiger partial charge in [-0.15, -0.1) is 0 Å². The van der Waals surface area contributed by atoms with Gasteiger partial charge in [-0.2, -0.15) is 4.73 Å². The third-order valence-corrected chi connectivity index (χ3v) is 3.93. The topological polar surface area (TPSA) is 106 Å². The van der Waals surface area contributed by atoms with Crippen LogP contribution in [0.5, 0.6) is 0 Å². The van der Waals surface area contributed by atoms with Crippen LogP contribution in [0.1, 0.15) is 57.7 Å². The zero-order valence-corrected chi connectivity index (χ0v) is 18.2. The largest absolute Gasteiger partial charge is 0.618 e.